The number of fused-ring (bicyclic) bond motifs is 1. The van der Waals surface area contributed by atoms with Gasteiger partial charge in [-0.3, -0.25) is 9.78 Å². The van der Waals surface area contributed by atoms with Gasteiger partial charge >= 0.3 is 0 Å². The third-order valence-electron chi connectivity index (χ3n) is 5.54. The van der Waals surface area contributed by atoms with Crippen molar-refractivity contribution < 1.29 is 14.3 Å². The Labute approximate surface area is 177 Å². The molecule has 1 atom stereocenters. The van der Waals surface area contributed by atoms with Gasteiger partial charge < -0.3 is 14.8 Å². The Hall–Kier alpha value is -3.34. The van der Waals surface area contributed by atoms with Crippen LogP contribution in [0.25, 0.3) is 0 Å². The molecule has 30 heavy (non-hydrogen) atoms. The molecule has 1 heterocycles. The summed E-state index contributed by atoms with van der Waals surface area (Å²) in [5.74, 6) is 1.24. The Morgan fingerprint density at radius 3 is 2.63 bits per heavy atom. The van der Waals surface area contributed by atoms with Crippen molar-refractivity contribution in [3.63, 3.8) is 0 Å². The van der Waals surface area contributed by atoms with Crippen LogP contribution in [-0.4, -0.2) is 18.0 Å². The second-order valence-electron chi connectivity index (χ2n) is 7.59. The number of nitrogens with zero attached hydrogens (tertiary/aromatic N) is 1. The molecule has 1 N–H and O–H groups in total. The lowest BCUT2D eigenvalue weighted by atomic mass is 10.0. The Bertz CT molecular complexity index is 1030. The summed E-state index contributed by atoms with van der Waals surface area (Å²) in [5.41, 5.74) is 5.37. The third kappa shape index (κ3) is 4.46. The Balaban J connectivity index is 1.43. The Morgan fingerprint density at radius 2 is 1.83 bits per heavy atom. The Morgan fingerprint density at radius 1 is 1.03 bits per heavy atom. The largest absolute Gasteiger partial charge is 0.493 e. The first-order chi connectivity index (χ1) is 14.6. The van der Waals surface area contributed by atoms with Crippen LogP contribution in [0.4, 0.5) is 0 Å². The number of benzene rings is 2. The molecule has 0 fully saturated rings. The maximum Gasteiger partial charge on any atom is 0.251 e. The average molecular weight is 402 g/mol. The molecule has 0 bridgehead atoms. The van der Waals surface area contributed by atoms with Crippen LogP contribution in [0.5, 0.6) is 11.5 Å². The van der Waals surface area contributed by atoms with Gasteiger partial charge in [0.25, 0.3) is 5.91 Å². The minimum atomic E-state index is -0.158. The standard InChI is InChI=1S/C25H26N2O3/c1-17(27-25(28)22-7-6-19-4-3-5-21(19)14-22)20-8-9-23(24(15-20)29-2)30-16-18-10-12-26-13-11-18/h6-15,17H,3-5,16H2,1-2H3,(H,27,28). The van der Waals surface area contributed by atoms with Crippen molar-refractivity contribution in [3.05, 3.63) is 88.7 Å². The first-order valence-corrected chi connectivity index (χ1v) is 10.3. The fourth-order valence-corrected chi connectivity index (χ4v) is 3.79. The number of nitrogens with one attached hydrogen (secondary N) is 1. The van der Waals surface area contributed by atoms with Gasteiger partial charge in [-0.25, -0.2) is 0 Å². The average Bonchev–Trinajstić information content (AvgIpc) is 3.26. The highest BCUT2D eigenvalue weighted by molar-refractivity contribution is 5.94. The summed E-state index contributed by atoms with van der Waals surface area (Å²) in [6.07, 6.45) is 6.83. The van der Waals surface area contributed by atoms with E-state index >= 15 is 0 Å². The molecule has 3 aromatic rings. The predicted octanol–water partition coefficient (Wildman–Crippen LogP) is 4.65. The van der Waals surface area contributed by atoms with Gasteiger partial charge in [-0.1, -0.05) is 12.1 Å². The van der Waals surface area contributed by atoms with Crippen LogP contribution in [0.15, 0.2) is 60.9 Å². The molecule has 1 aliphatic carbocycles. The molecular formula is C25H26N2O3. The lowest BCUT2D eigenvalue weighted by Crippen LogP contribution is -2.26. The highest BCUT2D eigenvalue weighted by Crippen LogP contribution is 2.31. The van der Waals surface area contributed by atoms with E-state index in [-0.39, 0.29) is 11.9 Å². The zero-order valence-electron chi connectivity index (χ0n) is 17.4. The SMILES string of the molecule is COc1cc(C(C)NC(=O)c2ccc3c(c2)CCC3)ccc1OCc1ccncc1. The van der Waals surface area contributed by atoms with E-state index in [9.17, 15) is 4.79 Å². The molecule has 154 valence electrons. The minimum absolute atomic E-state index is 0.0609. The number of carbonyl (C=O) groups is 1. The number of methoxy groups -OCH3 is 1. The van der Waals surface area contributed by atoms with E-state index in [1.807, 2.05) is 49.4 Å². The molecule has 2 aromatic carbocycles. The van der Waals surface area contributed by atoms with Crippen molar-refractivity contribution in [3.8, 4) is 11.5 Å². The molecule has 0 aliphatic heterocycles. The van der Waals surface area contributed by atoms with E-state index < -0.39 is 0 Å². The molecule has 1 aliphatic rings. The van der Waals surface area contributed by atoms with Crippen LogP contribution >= 0.6 is 0 Å². The van der Waals surface area contributed by atoms with Gasteiger partial charge in [-0.15, -0.1) is 0 Å². The van der Waals surface area contributed by atoms with E-state index in [4.69, 9.17) is 9.47 Å². The molecule has 0 saturated carbocycles. The van der Waals surface area contributed by atoms with Crippen molar-refractivity contribution >= 4 is 5.91 Å². The van der Waals surface area contributed by atoms with Gasteiger partial charge in [-0.2, -0.15) is 0 Å². The molecule has 1 amide bonds. The van der Waals surface area contributed by atoms with E-state index in [1.165, 1.54) is 17.5 Å². The summed E-state index contributed by atoms with van der Waals surface area (Å²) in [4.78, 5) is 16.7. The maximum absolute atomic E-state index is 12.7. The van der Waals surface area contributed by atoms with Crippen molar-refractivity contribution in [1.29, 1.82) is 0 Å². The van der Waals surface area contributed by atoms with E-state index in [2.05, 4.69) is 16.4 Å². The number of hydrogen-bond donors (Lipinski definition) is 1. The van der Waals surface area contributed by atoms with E-state index in [0.29, 0.717) is 23.7 Å². The van der Waals surface area contributed by atoms with Crippen molar-refractivity contribution in [2.45, 2.75) is 38.8 Å². The summed E-state index contributed by atoms with van der Waals surface area (Å²) >= 11 is 0. The highest BCUT2D eigenvalue weighted by Gasteiger charge is 2.17. The number of aryl methyl sites for hydroxylation is 2. The van der Waals surface area contributed by atoms with Gasteiger partial charge in [0.15, 0.2) is 11.5 Å². The molecule has 1 unspecified atom stereocenters. The highest BCUT2D eigenvalue weighted by atomic mass is 16.5. The summed E-state index contributed by atoms with van der Waals surface area (Å²) in [6, 6.07) is 15.5. The number of hydrogen-bond acceptors (Lipinski definition) is 4. The van der Waals surface area contributed by atoms with Crippen LogP contribution in [0.1, 0.15) is 52.0 Å². The van der Waals surface area contributed by atoms with E-state index in [0.717, 1.165) is 24.0 Å². The molecular weight excluding hydrogens is 376 g/mol. The summed E-state index contributed by atoms with van der Waals surface area (Å²) in [6.45, 7) is 2.40. The number of ether oxygens (including phenoxy) is 2. The number of carbonyl (C=O) groups excluding carboxylic acids is 1. The zero-order chi connectivity index (χ0) is 20.9. The smallest absolute Gasteiger partial charge is 0.251 e. The lowest BCUT2D eigenvalue weighted by molar-refractivity contribution is 0.0939. The summed E-state index contributed by atoms with van der Waals surface area (Å²) in [7, 11) is 1.62. The normalized spacial score (nSPS) is 13.4. The van der Waals surface area contributed by atoms with Crippen LogP contribution in [0, 0.1) is 0 Å². The first-order valence-electron chi connectivity index (χ1n) is 10.3. The predicted molar refractivity (Wildman–Crippen MR) is 116 cm³/mol. The monoisotopic (exact) mass is 402 g/mol. The molecule has 0 spiro atoms. The van der Waals surface area contributed by atoms with Crippen LogP contribution in [-0.2, 0) is 19.4 Å². The number of amides is 1. The van der Waals surface area contributed by atoms with Gasteiger partial charge in [-0.05, 0) is 84.8 Å². The first kappa shape index (κ1) is 20.0. The lowest BCUT2D eigenvalue weighted by Gasteiger charge is -2.17. The second kappa shape index (κ2) is 8.99. The zero-order valence-corrected chi connectivity index (χ0v) is 17.4. The number of rotatable bonds is 7. The second-order valence-corrected chi connectivity index (χ2v) is 7.59. The van der Waals surface area contributed by atoms with Crippen molar-refractivity contribution in [2.75, 3.05) is 7.11 Å². The number of aromatic nitrogens is 1. The molecule has 5 heteroatoms. The molecule has 5 nitrogen and oxygen atoms in total. The summed E-state index contributed by atoms with van der Waals surface area (Å²) < 4.78 is 11.4. The number of pyridine rings is 1. The van der Waals surface area contributed by atoms with Crippen molar-refractivity contribution in [2.24, 2.45) is 0 Å². The van der Waals surface area contributed by atoms with Gasteiger partial charge in [0, 0.05) is 18.0 Å². The van der Waals surface area contributed by atoms with Crippen LogP contribution in [0.2, 0.25) is 0 Å². The van der Waals surface area contributed by atoms with Crippen LogP contribution in [0.3, 0.4) is 0 Å². The fraction of sp³-hybridized carbons (Fsp3) is 0.280. The third-order valence-corrected chi connectivity index (χ3v) is 5.54. The molecule has 0 radical (unpaired) electrons. The quantitative estimate of drug-likeness (QED) is 0.625. The Kier molecular flexibility index (Phi) is 5.98. The fourth-order valence-electron chi connectivity index (χ4n) is 3.79. The van der Waals surface area contributed by atoms with Crippen LogP contribution < -0.4 is 14.8 Å². The molecule has 4 rings (SSSR count). The maximum atomic E-state index is 12.7. The van der Waals surface area contributed by atoms with Gasteiger partial charge in [0.1, 0.15) is 6.61 Å². The summed E-state index contributed by atoms with van der Waals surface area (Å²) in [5, 5.41) is 3.09. The van der Waals surface area contributed by atoms with Gasteiger partial charge in [0.05, 0.1) is 13.2 Å². The minimum Gasteiger partial charge on any atom is -0.493 e. The van der Waals surface area contributed by atoms with Gasteiger partial charge in [0.2, 0.25) is 0 Å². The molecule has 0 saturated heterocycles. The molecule has 1 aromatic heterocycles. The van der Waals surface area contributed by atoms with Crippen molar-refractivity contribution in [1.82, 2.24) is 10.3 Å². The van der Waals surface area contributed by atoms with E-state index in [1.54, 1.807) is 19.5 Å². The topological polar surface area (TPSA) is 60.5 Å².